The first kappa shape index (κ1) is 23.3. The number of carbonyl (C=O) groups excluding carboxylic acids is 1. The van der Waals surface area contributed by atoms with E-state index in [2.05, 4.69) is 44.7 Å². The molecule has 1 aliphatic carbocycles. The number of nitrogens with one attached hydrogen (secondary N) is 1. The molecular formula is C27H22BrN3O3S. The fraction of sp³-hybridized carbons (Fsp3) is 0.111. The molecule has 0 heterocycles. The Hall–Kier alpha value is -3.49. The van der Waals surface area contributed by atoms with Crippen LogP contribution >= 0.6 is 15.9 Å². The smallest absolute Gasteiger partial charge is 0.264 e. The molecule has 1 amide bonds. The number of nitrogens with zero attached hydrogens (tertiary/aromatic N) is 2. The molecular weight excluding hydrogens is 526 g/mol. The monoisotopic (exact) mass is 547 g/mol. The summed E-state index contributed by atoms with van der Waals surface area (Å²) in [7, 11) is -3.97. The van der Waals surface area contributed by atoms with Gasteiger partial charge < -0.3 is 0 Å². The van der Waals surface area contributed by atoms with Gasteiger partial charge in [-0.05, 0) is 71.1 Å². The van der Waals surface area contributed by atoms with Crippen LogP contribution < -0.4 is 9.73 Å². The van der Waals surface area contributed by atoms with Gasteiger partial charge in [0.25, 0.3) is 15.9 Å². The van der Waals surface area contributed by atoms with Crippen molar-refractivity contribution in [2.24, 2.45) is 5.10 Å². The van der Waals surface area contributed by atoms with Crippen LogP contribution in [-0.4, -0.2) is 27.1 Å². The van der Waals surface area contributed by atoms with Crippen molar-refractivity contribution in [3.05, 3.63) is 106 Å². The summed E-state index contributed by atoms with van der Waals surface area (Å²) in [6.07, 6.45) is 3.67. The van der Waals surface area contributed by atoms with Crippen molar-refractivity contribution in [2.75, 3.05) is 10.8 Å². The summed E-state index contributed by atoms with van der Waals surface area (Å²) in [6, 6.07) is 25.1. The summed E-state index contributed by atoms with van der Waals surface area (Å²) in [5.41, 5.74) is 6.42. The number of aryl methyl sites for hydroxylation is 2. The van der Waals surface area contributed by atoms with Crippen molar-refractivity contribution in [1.29, 1.82) is 0 Å². The number of benzene rings is 4. The standard InChI is InChI=1S/C27H22BrN3O3S/c28-22-13-15-23(16-14-22)31(35(33,34)24-6-2-1-3-7-24)18-26(32)30-29-17-21-12-11-20-10-9-19-5-4-8-25(21)27(19)20/h1-8,11-17H,9-10,18H2,(H,30,32). The largest absolute Gasteiger partial charge is 0.271 e. The Morgan fingerprint density at radius 2 is 1.63 bits per heavy atom. The van der Waals surface area contributed by atoms with Crippen LogP contribution in [0.1, 0.15) is 16.7 Å². The van der Waals surface area contributed by atoms with E-state index >= 15 is 0 Å². The molecule has 0 fully saturated rings. The number of hydrogen-bond acceptors (Lipinski definition) is 4. The molecule has 0 unspecified atom stereocenters. The topological polar surface area (TPSA) is 78.8 Å². The first-order valence-electron chi connectivity index (χ1n) is 11.1. The average Bonchev–Trinajstić information content (AvgIpc) is 3.30. The Labute approximate surface area is 212 Å². The summed E-state index contributed by atoms with van der Waals surface area (Å²) in [6.45, 7) is -0.417. The van der Waals surface area contributed by atoms with E-state index in [1.165, 1.54) is 28.6 Å². The van der Waals surface area contributed by atoms with E-state index in [1.54, 1.807) is 48.7 Å². The van der Waals surface area contributed by atoms with Crippen molar-refractivity contribution in [1.82, 2.24) is 5.43 Å². The summed E-state index contributed by atoms with van der Waals surface area (Å²) in [4.78, 5) is 12.9. The van der Waals surface area contributed by atoms with Crippen LogP contribution in [0.2, 0.25) is 0 Å². The van der Waals surface area contributed by atoms with E-state index in [0.29, 0.717) is 5.69 Å². The Bertz CT molecular complexity index is 1530. The fourth-order valence-electron chi connectivity index (χ4n) is 4.36. The highest BCUT2D eigenvalue weighted by Crippen LogP contribution is 2.32. The molecule has 4 aromatic rings. The molecule has 6 nitrogen and oxygen atoms in total. The maximum absolute atomic E-state index is 13.4. The lowest BCUT2D eigenvalue weighted by Crippen LogP contribution is -2.39. The first-order chi connectivity index (χ1) is 16.9. The number of hydrazone groups is 1. The Morgan fingerprint density at radius 1 is 0.914 bits per heavy atom. The van der Waals surface area contributed by atoms with Crippen LogP contribution in [0.25, 0.3) is 10.8 Å². The molecule has 1 N–H and O–H groups in total. The fourth-order valence-corrected chi connectivity index (χ4v) is 6.07. The molecule has 0 aliphatic heterocycles. The summed E-state index contributed by atoms with van der Waals surface area (Å²) >= 11 is 3.36. The van der Waals surface area contributed by atoms with Gasteiger partial charge in [-0.25, -0.2) is 13.8 Å². The zero-order valence-corrected chi connectivity index (χ0v) is 21.1. The molecule has 1 aliphatic rings. The normalized spacial score (nSPS) is 12.8. The number of sulfonamides is 1. The molecule has 8 heteroatoms. The Kier molecular flexibility index (Phi) is 6.40. The molecule has 4 aromatic carbocycles. The van der Waals surface area contributed by atoms with Crippen molar-refractivity contribution in [2.45, 2.75) is 17.7 Å². The summed E-state index contributed by atoms with van der Waals surface area (Å²) in [5.74, 6) is -0.547. The van der Waals surface area contributed by atoms with Gasteiger partial charge in [0.2, 0.25) is 0 Å². The number of anilines is 1. The highest BCUT2D eigenvalue weighted by Gasteiger charge is 2.27. The molecule has 0 bridgehead atoms. The minimum Gasteiger partial charge on any atom is -0.271 e. The lowest BCUT2D eigenvalue weighted by Gasteiger charge is -2.23. The number of carbonyl (C=O) groups is 1. The predicted octanol–water partition coefficient (Wildman–Crippen LogP) is 5.05. The van der Waals surface area contributed by atoms with Crippen LogP contribution in [0.5, 0.6) is 0 Å². The molecule has 0 saturated carbocycles. The Morgan fingerprint density at radius 3 is 2.37 bits per heavy atom. The van der Waals surface area contributed by atoms with Gasteiger partial charge in [0, 0.05) is 10.0 Å². The van der Waals surface area contributed by atoms with Gasteiger partial charge in [0.15, 0.2) is 0 Å². The van der Waals surface area contributed by atoms with E-state index in [4.69, 9.17) is 0 Å². The number of hydrogen-bond donors (Lipinski definition) is 1. The molecule has 35 heavy (non-hydrogen) atoms. The van der Waals surface area contributed by atoms with Gasteiger partial charge in [-0.2, -0.15) is 5.10 Å². The van der Waals surface area contributed by atoms with Gasteiger partial charge in [0.1, 0.15) is 6.54 Å². The lowest BCUT2D eigenvalue weighted by molar-refractivity contribution is -0.119. The predicted molar refractivity (Wildman–Crippen MR) is 142 cm³/mol. The minimum atomic E-state index is -3.97. The third-order valence-corrected chi connectivity index (χ3v) is 8.35. The second-order valence-corrected chi connectivity index (χ2v) is 11.0. The molecule has 0 atom stereocenters. The van der Waals surface area contributed by atoms with E-state index in [0.717, 1.165) is 32.6 Å². The number of rotatable bonds is 7. The zero-order valence-electron chi connectivity index (χ0n) is 18.7. The van der Waals surface area contributed by atoms with Crippen LogP contribution in [0.3, 0.4) is 0 Å². The molecule has 0 saturated heterocycles. The van der Waals surface area contributed by atoms with Gasteiger partial charge in [-0.1, -0.05) is 64.5 Å². The number of amides is 1. The molecule has 0 spiro atoms. The van der Waals surface area contributed by atoms with E-state index in [-0.39, 0.29) is 4.90 Å². The van der Waals surface area contributed by atoms with Gasteiger partial charge in [0.05, 0.1) is 16.8 Å². The molecule has 0 aromatic heterocycles. The van der Waals surface area contributed by atoms with E-state index in [9.17, 15) is 13.2 Å². The maximum atomic E-state index is 13.4. The Balaban J connectivity index is 1.38. The van der Waals surface area contributed by atoms with Crippen molar-refractivity contribution in [3.8, 4) is 0 Å². The van der Waals surface area contributed by atoms with Gasteiger partial charge in [-0.15, -0.1) is 0 Å². The second-order valence-electron chi connectivity index (χ2n) is 8.25. The van der Waals surface area contributed by atoms with Gasteiger partial charge >= 0.3 is 0 Å². The third kappa shape index (κ3) is 4.72. The SMILES string of the molecule is O=C(CN(c1ccc(Br)cc1)S(=O)(=O)c1ccccc1)NN=Cc1ccc2c3c(cccc13)CC2. The molecule has 176 valence electrons. The van der Waals surface area contributed by atoms with Crippen molar-refractivity contribution < 1.29 is 13.2 Å². The van der Waals surface area contributed by atoms with Crippen LogP contribution in [0, 0.1) is 0 Å². The van der Waals surface area contributed by atoms with Crippen LogP contribution in [0.15, 0.2) is 99.4 Å². The van der Waals surface area contributed by atoms with Crippen LogP contribution in [0.4, 0.5) is 5.69 Å². The highest BCUT2D eigenvalue weighted by molar-refractivity contribution is 9.10. The molecule has 0 radical (unpaired) electrons. The van der Waals surface area contributed by atoms with E-state index < -0.39 is 22.5 Å². The third-order valence-electron chi connectivity index (χ3n) is 6.04. The summed E-state index contributed by atoms with van der Waals surface area (Å²) < 4.78 is 28.6. The average molecular weight is 548 g/mol. The van der Waals surface area contributed by atoms with Gasteiger partial charge in [-0.3, -0.25) is 9.10 Å². The maximum Gasteiger partial charge on any atom is 0.264 e. The quantitative estimate of drug-likeness (QED) is 0.260. The second kappa shape index (κ2) is 9.64. The van der Waals surface area contributed by atoms with Crippen molar-refractivity contribution >= 4 is 54.5 Å². The highest BCUT2D eigenvalue weighted by atomic mass is 79.9. The summed E-state index contributed by atoms with van der Waals surface area (Å²) in [5, 5.41) is 6.49. The van der Waals surface area contributed by atoms with E-state index in [1.807, 2.05) is 12.1 Å². The zero-order chi connectivity index (χ0) is 24.4. The first-order valence-corrected chi connectivity index (χ1v) is 13.4. The van der Waals surface area contributed by atoms with Crippen molar-refractivity contribution in [3.63, 3.8) is 0 Å². The lowest BCUT2D eigenvalue weighted by atomic mass is 10.0. The minimum absolute atomic E-state index is 0.104. The number of halogens is 1. The molecule has 5 rings (SSSR count). The van der Waals surface area contributed by atoms with Crippen LogP contribution in [-0.2, 0) is 27.7 Å².